The Morgan fingerprint density at radius 3 is 2.65 bits per heavy atom. The molecule has 0 spiro atoms. The summed E-state index contributed by atoms with van der Waals surface area (Å²) in [6, 6.07) is 4.34. The highest BCUT2D eigenvalue weighted by molar-refractivity contribution is 6.31. The summed E-state index contributed by atoms with van der Waals surface area (Å²) in [7, 11) is 0. The average molecular weight is 256 g/mol. The Bertz CT molecular complexity index is 432. The number of rotatable bonds is 6. The van der Waals surface area contributed by atoms with E-state index in [0.29, 0.717) is 24.3 Å². The summed E-state index contributed by atoms with van der Waals surface area (Å²) in [6.07, 6.45) is 2.39. The van der Waals surface area contributed by atoms with Gasteiger partial charge in [-0.15, -0.1) is 0 Å². The SMILES string of the molecule is CCCC(=O)CCc1ccc([N+](=O)[O-])cc1Cl. The van der Waals surface area contributed by atoms with E-state index in [1.54, 1.807) is 6.07 Å². The predicted molar refractivity (Wildman–Crippen MR) is 66.3 cm³/mol. The summed E-state index contributed by atoms with van der Waals surface area (Å²) >= 11 is 5.92. The standard InChI is InChI=1S/C12H14ClNO3/c1-2-3-11(15)7-5-9-4-6-10(14(16)17)8-12(9)13/h4,6,8H,2-3,5,7H2,1H3. The Morgan fingerprint density at radius 1 is 1.41 bits per heavy atom. The van der Waals surface area contributed by atoms with Gasteiger partial charge in [-0.3, -0.25) is 14.9 Å². The van der Waals surface area contributed by atoms with Crippen LogP contribution in [0.4, 0.5) is 5.69 Å². The van der Waals surface area contributed by atoms with Gasteiger partial charge in [0, 0.05) is 25.0 Å². The molecule has 0 saturated heterocycles. The number of ketones is 1. The highest BCUT2D eigenvalue weighted by atomic mass is 35.5. The highest BCUT2D eigenvalue weighted by Gasteiger charge is 2.10. The van der Waals surface area contributed by atoms with E-state index in [0.717, 1.165) is 12.0 Å². The lowest BCUT2D eigenvalue weighted by molar-refractivity contribution is -0.384. The van der Waals surface area contributed by atoms with Crippen molar-refractivity contribution in [2.45, 2.75) is 32.6 Å². The Balaban J connectivity index is 2.66. The Hall–Kier alpha value is -1.42. The molecule has 17 heavy (non-hydrogen) atoms. The molecule has 0 aliphatic heterocycles. The van der Waals surface area contributed by atoms with Gasteiger partial charge in [-0.05, 0) is 18.4 Å². The van der Waals surface area contributed by atoms with Gasteiger partial charge in [0.05, 0.1) is 9.95 Å². The Morgan fingerprint density at radius 2 is 2.12 bits per heavy atom. The number of carbonyl (C=O) groups is 1. The first-order chi connectivity index (χ1) is 8.04. The number of carbonyl (C=O) groups excluding carboxylic acids is 1. The van der Waals surface area contributed by atoms with E-state index in [-0.39, 0.29) is 11.5 Å². The highest BCUT2D eigenvalue weighted by Crippen LogP contribution is 2.23. The second-order valence-corrected chi connectivity index (χ2v) is 4.23. The maximum absolute atomic E-state index is 11.4. The van der Waals surface area contributed by atoms with Crippen LogP contribution in [-0.2, 0) is 11.2 Å². The summed E-state index contributed by atoms with van der Waals surface area (Å²) in [5.41, 5.74) is 0.750. The quantitative estimate of drug-likeness (QED) is 0.577. The number of halogens is 1. The van der Waals surface area contributed by atoms with E-state index in [9.17, 15) is 14.9 Å². The molecule has 0 unspecified atom stereocenters. The number of non-ortho nitro benzene ring substituents is 1. The third kappa shape index (κ3) is 4.15. The van der Waals surface area contributed by atoms with Crippen molar-refractivity contribution in [1.82, 2.24) is 0 Å². The zero-order chi connectivity index (χ0) is 12.8. The molecule has 92 valence electrons. The molecule has 0 aliphatic carbocycles. The van der Waals surface area contributed by atoms with Crippen LogP contribution < -0.4 is 0 Å². The molecule has 5 heteroatoms. The van der Waals surface area contributed by atoms with Crippen LogP contribution in [-0.4, -0.2) is 10.7 Å². The molecular formula is C12H14ClNO3. The minimum absolute atomic E-state index is 0.0290. The molecule has 4 nitrogen and oxygen atoms in total. The zero-order valence-electron chi connectivity index (χ0n) is 9.61. The van der Waals surface area contributed by atoms with E-state index < -0.39 is 4.92 Å². The van der Waals surface area contributed by atoms with Crippen LogP contribution in [0, 0.1) is 10.1 Å². The maximum Gasteiger partial charge on any atom is 0.270 e. The number of aryl methyl sites for hydroxylation is 1. The number of hydrogen-bond acceptors (Lipinski definition) is 3. The molecule has 0 heterocycles. The first kappa shape index (κ1) is 13.6. The number of benzene rings is 1. The second kappa shape index (κ2) is 6.35. The lowest BCUT2D eigenvalue weighted by Gasteiger charge is -2.03. The summed E-state index contributed by atoms with van der Waals surface area (Å²) in [5, 5.41) is 10.9. The minimum atomic E-state index is -0.488. The fraction of sp³-hybridized carbons (Fsp3) is 0.417. The van der Waals surface area contributed by atoms with Gasteiger partial charge in [0.1, 0.15) is 5.78 Å². The van der Waals surface area contributed by atoms with Crippen LogP contribution >= 0.6 is 11.6 Å². The van der Waals surface area contributed by atoms with Gasteiger partial charge in [0.2, 0.25) is 0 Å². The molecule has 0 radical (unpaired) electrons. The van der Waals surface area contributed by atoms with E-state index in [1.165, 1.54) is 12.1 Å². The summed E-state index contributed by atoms with van der Waals surface area (Å²) in [4.78, 5) is 21.4. The number of nitro benzene ring substituents is 1. The van der Waals surface area contributed by atoms with Crippen molar-refractivity contribution in [3.63, 3.8) is 0 Å². The molecule has 0 aliphatic rings. The van der Waals surface area contributed by atoms with Crippen molar-refractivity contribution in [2.24, 2.45) is 0 Å². The molecule has 1 aromatic carbocycles. The maximum atomic E-state index is 11.4. The third-order valence-corrected chi connectivity index (χ3v) is 2.80. The fourth-order valence-electron chi connectivity index (χ4n) is 1.53. The van der Waals surface area contributed by atoms with Crippen molar-refractivity contribution in [1.29, 1.82) is 0 Å². The van der Waals surface area contributed by atoms with Crippen LogP contribution in [0.15, 0.2) is 18.2 Å². The normalized spacial score (nSPS) is 10.2. The van der Waals surface area contributed by atoms with Crippen LogP contribution in [0.5, 0.6) is 0 Å². The van der Waals surface area contributed by atoms with E-state index >= 15 is 0 Å². The van der Waals surface area contributed by atoms with E-state index in [1.807, 2.05) is 6.92 Å². The van der Waals surface area contributed by atoms with Crippen molar-refractivity contribution in [3.8, 4) is 0 Å². The van der Waals surface area contributed by atoms with Crippen molar-refractivity contribution in [2.75, 3.05) is 0 Å². The Labute approximate surface area is 105 Å². The molecule has 0 bridgehead atoms. The topological polar surface area (TPSA) is 60.2 Å². The number of nitrogens with zero attached hydrogens (tertiary/aromatic N) is 1. The molecular weight excluding hydrogens is 242 g/mol. The molecule has 0 saturated carbocycles. The van der Waals surface area contributed by atoms with E-state index in [4.69, 9.17) is 11.6 Å². The molecule has 1 aromatic rings. The van der Waals surface area contributed by atoms with Gasteiger partial charge >= 0.3 is 0 Å². The third-order valence-electron chi connectivity index (χ3n) is 2.45. The van der Waals surface area contributed by atoms with Crippen molar-refractivity contribution < 1.29 is 9.72 Å². The smallest absolute Gasteiger partial charge is 0.270 e. The summed E-state index contributed by atoms with van der Waals surface area (Å²) in [6.45, 7) is 1.96. The van der Waals surface area contributed by atoms with Gasteiger partial charge in [-0.25, -0.2) is 0 Å². The Kier molecular flexibility index (Phi) is 5.10. The molecule has 0 N–H and O–H groups in total. The number of nitro groups is 1. The van der Waals surface area contributed by atoms with Crippen LogP contribution in [0.2, 0.25) is 5.02 Å². The first-order valence-electron chi connectivity index (χ1n) is 5.49. The lowest BCUT2D eigenvalue weighted by atomic mass is 10.0. The van der Waals surface area contributed by atoms with Gasteiger partial charge in [-0.1, -0.05) is 24.6 Å². The minimum Gasteiger partial charge on any atom is -0.300 e. The molecule has 0 atom stereocenters. The van der Waals surface area contributed by atoms with Gasteiger partial charge in [0.15, 0.2) is 0 Å². The fourth-order valence-corrected chi connectivity index (χ4v) is 1.80. The van der Waals surface area contributed by atoms with Crippen molar-refractivity contribution >= 4 is 23.1 Å². The van der Waals surface area contributed by atoms with Gasteiger partial charge in [-0.2, -0.15) is 0 Å². The largest absolute Gasteiger partial charge is 0.300 e. The zero-order valence-corrected chi connectivity index (χ0v) is 10.4. The summed E-state index contributed by atoms with van der Waals surface area (Å²) in [5.74, 6) is 0.196. The van der Waals surface area contributed by atoms with Crippen molar-refractivity contribution in [3.05, 3.63) is 38.9 Å². The summed E-state index contributed by atoms with van der Waals surface area (Å²) < 4.78 is 0. The lowest BCUT2D eigenvalue weighted by Crippen LogP contribution is -2.00. The number of hydrogen-bond donors (Lipinski definition) is 0. The monoisotopic (exact) mass is 255 g/mol. The second-order valence-electron chi connectivity index (χ2n) is 3.82. The van der Waals surface area contributed by atoms with E-state index in [2.05, 4.69) is 0 Å². The average Bonchev–Trinajstić information content (AvgIpc) is 2.27. The molecule has 0 amide bonds. The number of Topliss-reactive ketones (excluding diaryl/α,β-unsaturated/α-hetero) is 1. The molecule has 1 rings (SSSR count). The molecule has 0 fully saturated rings. The van der Waals surface area contributed by atoms with Gasteiger partial charge < -0.3 is 0 Å². The van der Waals surface area contributed by atoms with Gasteiger partial charge in [0.25, 0.3) is 5.69 Å². The molecule has 0 aromatic heterocycles. The predicted octanol–water partition coefficient (Wildman–Crippen LogP) is 3.55. The van der Waals surface area contributed by atoms with Crippen LogP contribution in [0.25, 0.3) is 0 Å². The van der Waals surface area contributed by atoms with Crippen LogP contribution in [0.3, 0.4) is 0 Å². The first-order valence-corrected chi connectivity index (χ1v) is 5.87. The van der Waals surface area contributed by atoms with Crippen LogP contribution in [0.1, 0.15) is 31.7 Å².